The number of benzene rings is 1. The number of halogens is 3. The van der Waals surface area contributed by atoms with Gasteiger partial charge in [-0.3, -0.25) is 0 Å². The summed E-state index contributed by atoms with van der Waals surface area (Å²) in [5, 5.41) is -0.208. The summed E-state index contributed by atoms with van der Waals surface area (Å²) in [6.07, 6.45) is 4.89. The minimum atomic E-state index is -0.621. The summed E-state index contributed by atoms with van der Waals surface area (Å²) < 4.78 is 33.3. The van der Waals surface area contributed by atoms with Crippen molar-refractivity contribution in [3.63, 3.8) is 0 Å². The Morgan fingerprint density at radius 3 is 2.70 bits per heavy atom. The quantitative estimate of drug-likeness (QED) is 0.839. The summed E-state index contributed by atoms with van der Waals surface area (Å²) >= 11 is 5.58. The largest absolute Gasteiger partial charge is 0.375 e. The molecule has 110 valence electrons. The molecule has 0 aromatic heterocycles. The molecule has 1 heterocycles. The molecule has 20 heavy (non-hydrogen) atoms. The minimum absolute atomic E-state index is 0.0536. The monoisotopic (exact) mass is 301 g/mol. The van der Waals surface area contributed by atoms with Crippen molar-refractivity contribution in [2.45, 2.75) is 43.7 Å². The molecular weight excluding hydrogens is 284 g/mol. The highest BCUT2D eigenvalue weighted by atomic mass is 35.5. The zero-order valence-corrected chi connectivity index (χ0v) is 11.9. The molecule has 2 fully saturated rings. The molecule has 1 aromatic carbocycles. The zero-order chi connectivity index (χ0) is 14.3. The van der Waals surface area contributed by atoms with Crippen LogP contribution in [0.5, 0.6) is 0 Å². The third-order valence-electron chi connectivity index (χ3n) is 4.70. The summed E-state index contributed by atoms with van der Waals surface area (Å²) in [7, 11) is 0. The first-order valence-corrected chi connectivity index (χ1v) is 7.42. The zero-order valence-electron chi connectivity index (χ0n) is 11.2. The van der Waals surface area contributed by atoms with E-state index in [4.69, 9.17) is 22.1 Å². The van der Waals surface area contributed by atoms with Gasteiger partial charge < -0.3 is 10.5 Å². The summed E-state index contributed by atoms with van der Waals surface area (Å²) in [6, 6.07) is 1.62. The Balaban J connectivity index is 1.81. The van der Waals surface area contributed by atoms with Crippen LogP contribution in [0.25, 0.3) is 0 Å². The van der Waals surface area contributed by atoms with E-state index in [9.17, 15) is 8.78 Å². The van der Waals surface area contributed by atoms with E-state index in [1.807, 2.05) is 0 Å². The van der Waals surface area contributed by atoms with Crippen molar-refractivity contribution in [1.82, 2.24) is 0 Å². The van der Waals surface area contributed by atoms with Crippen molar-refractivity contribution in [3.8, 4) is 0 Å². The Morgan fingerprint density at radius 2 is 2.05 bits per heavy atom. The van der Waals surface area contributed by atoms with Crippen LogP contribution < -0.4 is 5.73 Å². The van der Waals surface area contributed by atoms with E-state index in [-0.39, 0.29) is 22.1 Å². The molecule has 1 spiro atoms. The van der Waals surface area contributed by atoms with Gasteiger partial charge in [0.15, 0.2) is 0 Å². The molecule has 2 atom stereocenters. The van der Waals surface area contributed by atoms with Gasteiger partial charge in [0, 0.05) is 18.2 Å². The second-order valence-corrected chi connectivity index (χ2v) is 6.36. The van der Waals surface area contributed by atoms with E-state index >= 15 is 0 Å². The molecule has 0 bridgehead atoms. The highest BCUT2D eigenvalue weighted by Crippen LogP contribution is 2.47. The van der Waals surface area contributed by atoms with E-state index < -0.39 is 17.7 Å². The number of rotatable bonds is 2. The average molecular weight is 302 g/mol. The molecule has 2 nitrogen and oxygen atoms in total. The molecule has 1 saturated heterocycles. The summed E-state index contributed by atoms with van der Waals surface area (Å²) in [4.78, 5) is 0. The smallest absolute Gasteiger partial charge is 0.142 e. The Morgan fingerprint density at radius 1 is 1.30 bits per heavy atom. The van der Waals surface area contributed by atoms with Gasteiger partial charge in [0.2, 0.25) is 0 Å². The lowest BCUT2D eigenvalue weighted by Gasteiger charge is -2.48. The van der Waals surface area contributed by atoms with Crippen LogP contribution in [0.4, 0.5) is 8.78 Å². The molecule has 2 unspecified atom stereocenters. The highest BCUT2D eigenvalue weighted by Gasteiger charge is 2.44. The van der Waals surface area contributed by atoms with Crippen LogP contribution >= 0.6 is 11.6 Å². The predicted molar refractivity (Wildman–Crippen MR) is 73.6 cm³/mol. The topological polar surface area (TPSA) is 35.2 Å². The van der Waals surface area contributed by atoms with E-state index in [1.165, 1.54) is 6.42 Å². The van der Waals surface area contributed by atoms with Gasteiger partial charge in [-0.2, -0.15) is 0 Å². The van der Waals surface area contributed by atoms with Crippen molar-refractivity contribution < 1.29 is 13.5 Å². The molecule has 1 aromatic rings. The minimum Gasteiger partial charge on any atom is -0.375 e. The Bertz CT molecular complexity index is 519. The first kappa shape index (κ1) is 14.2. The SMILES string of the molecule is NC(c1cc(F)c(Cl)cc1F)C1CCOC2(CCC2)C1. The van der Waals surface area contributed by atoms with Crippen LogP contribution in [0.2, 0.25) is 5.02 Å². The van der Waals surface area contributed by atoms with Gasteiger partial charge >= 0.3 is 0 Å². The average Bonchev–Trinajstić information content (AvgIpc) is 2.40. The molecule has 0 radical (unpaired) electrons. The maximum atomic E-state index is 14.0. The van der Waals surface area contributed by atoms with Gasteiger partial charge in [0.25, 0.3) is 0 Å². The molecule has 1 saturated carbocycles. The van der Waals surface area contributed by atoms with Crippen molar-refractivity contribution in [3.05, 3.63) is 34.4 Å². The first-order chi connectivity index (χ1) is 9.51. The van der Waals surface area contributed by atoms with Crippen LogP contribution in [0, 0.1) is 17.6 Å². The van der Waals surface area contributed by atoms with Gasteiger partial charge in [0.1, 0.15) is 11.6 Å². The van der Waals surface area contributed by atoms with Crippen LogP contribution in [0.1, 0.15) is 43.7 Å². The van der Waals surface area contributed by atoms with E-state index in [0.717, 1.165) is 37.8 Å². The maximum absolute atomic E-state index is 14.0. The molecular formula is C15H18ClF2NO. The van der Waals surface area contributed by atoms with Crippen molar-refractivity contribution in [2.24, 2.45) is 11.7 Å². The Kier molecular flexibility index (Phi) is 3.73. The van der Waals surface area contributed by atoms with Crippen molar-refractivity contribution in [1.29, 1.82) is 0 Å². The van der Waals surface area contributed by atoms with E-state index in [0.29, 0.717) is 6.61 Å². The van der Waals surface area contributed by atoms with Crippen LogP contribution in [-0.4, -0.2) is 12.2 Å². The molecule has 1 aliphatic heterocycles. The van der Waals surface area contributed by atoms with Crippen LogP contribution in [0.15, 0.2) is 12.1 Å². The molecule has 5 heteroatoms. The lowest BCUT2D eigenvalue weighted by atomic mass is 9.70. The lowest BCUT2D eigenvalue weighted by Crippen LogP contribution is -2.47. The van der Waals surface area contributed by atoms with Gasteiger partial charge in [-0.15, -0.1) is 0 Å². The predicted octanol–water partition coefficient (Wildman–Crippen LogP) is 3.97. The fourth-order valence-corrected chi connectivity index (χ4v) is 3.49. The maximum Gasteiger partial charge on any atom is 0.142 e. The molecule has 2 N–H and O–H groups in total. The Labute approximate surface area is 122 Å². The van der Waals surface area contributed by atoms with Gasteiger partial charge in [-0.25, -0.2) is 8.78 Å². The lowest BCUT2D eigenvalue weighted by molar-refractivity contribution is -0.146. The van der Waals surface area contributed by atoms with Crippen molar-refractivity contribution >= 4 is 11.6 Å². The molecule has 0 amide bonds. The van der Waals surface area contributed by atoms with Crippen LogP contribution in [0.3, 0.4) is 0 Å². The normalized spacial score (nSPS) is 26.3. The first-order valence-electron chi connectivity index (χ1n) is 7.05. The van der Waals surface area contributed by atoms with E-state index in [1.54, 1.807) is 0 Å². The van der Waals surface area contributed by atoms with Crippen molar-refractivity contribution in [2.75, 3.05) is 6.61 Å². The van der Waals surface area contributed by atoms with Gasteiger partial charge in [-0.1, -0.05) is 11.6 Å². The number of hydrogen-bond donors (Lipinski definition) is 1. The second-order valence-electron chi connectivity index (χ2n) is 5.95. The molecule has 3 rings (SSSR count). The molecule has 2 aliphatic rings. The van der Waals surface area contributed by atoms with Gasteiger partial charge in [-0.05, 0) is 50.2 Å². The fourth-order valence-electron chi connectivity index (χ4n) is 3.34. The number of ether oxygens (including phenoxy) is 1. The summed E-state index contributed by atoms with van der Waals surface area (Å²) in [6.45, 7) is 0.649. The number of hydrogen-bond acceptors (Lipinski definition) is 2. The summed E-state index contributed by atoms with van der Waals surface area (Å²) in [5.74, 6) is -1.03. The standard InChI is InChI=1S/C15H18ClF2NO/c16-11-7-12(17)10(6-13(11)18)14(19)9-2-5-20-15(8-9)3-1-4-15/h6-7,9,14H,1-5,8,19H2. The second kappa shape index (κ2) is 5.24. The van der Waals surface area contributed by atoms with Gasteiger partial charge in [0.05, 0.1) is 10.6 Å². The summed E-state index contributed by atoms with van der Waals surface area (Å²) in [5.41, 5.74) is 6.35. The highest BCUT2D eigenvalue weighted by molar-refractivity contribution is 6.30. The third-order valence-corrected chi connectivity index (χ3v) is 4.99. The fraction of sp³-hybridized carbons (Fsp3) is 0.600. The van der Waals surface area contributed by atoms with E-state index in [2.05, 4.69) is 0 Å². The molecule has 1 aliphatic carbocycles. The third kappa shape index (κ3) is 2.45. The Hall–Kier alpha value is -0.710. The van der Waals surface area contributed by atoms with Crippen LogP contribution in [-0.2, 0) is 4.74 Å². The number of nitrogens with two attached hydrogens (primary N) is 1.